The number of nitrogens with zero attached hydrogens (tertiary/aromatic N) is 1. The molecule has 0 aliphatic carbocycles. The molecule has 0 fully saturated rings. The van der Waals surface area contributed by atoms with E-state index in [9.17, 15) is 0 Å². The third kappa shape index (κ3) is 1.70. The summed E-state index contributed by atoms with van der Waals surface area (Å²) in [5.74, 6) is 1.45. The van der Waals surface area contributed by atoms with E-state index in [1.807, 2.05) is 18.2 Å². The summed E-state index contributed by atoms with van der Waals surface area (Å²) in [6, 6.07) is 5.59. The normalized spacial score (nSPS) is 10.3. The maximum absolute atomic E-state index is 5.97. The van der Waals surface area contributed by atoms with E-state index < -0.39 is 0 Å². The fraction of sp³-hybridized carbons (Fsp3) is 0.182. The van der Waals surface area contributed by atoms with Crippen molar-refractivity contribution in [3.63, 3.8) is 0 Å². The van der Waals surface area contributed by atoms with E-state index in [0.717, 1.165) is 16.5 Å². The van der Waals surface area contributed by atoms with Crippen molar-refractivity contribution in [2.24, 2.45) is 0 Å². The van der Waals surface area contributed by atoms with Crippen molar-refractivity contribution >= 4 is 22.4 Å². The first kappa shape index (κ1) is 10.1. The molecular formula is C11H10ClNO2. The molecule has 1 aromatic carbocycles. The maximum atomic E-state index is 5.97. The summed E-state index contributed by atoms with van der Waals surface area (Å²) >= 11 is 5.97. The molecule has 0 saturated carbocycles. The van der Waals surface area contributed by atoms with Crippen LogP contribution in [-0.4, -0.2) is 19.2 Å². The van der Waals surface area contributed by atoms with Gasteiger partial charge in [-0.15, -0.1) is 0 Å². The first-order valence-electron chi connectivity index (χ1n) is 4.42. The van der Waals surface area contributed by atoms with Gasteiger partial charge < -0.3 is 9.47 Å². The van der Waals surface area contributed by atoms with Crippen LogP contribution in [0.5, 0.6) is 11.5 Å². The summed E-state index contributed by atoms with van der Waals surface area (Å²) in [5.41, 5.74) is 0. The zero-order chi connectivity index (χ0) is 10.8. The molecule has 0 amide bonds. The Kier molecular flexibility index (Phi) is 2.64. The van der Waals surface area contributed by atoms with E-state index in [2.05, 4.69) is 4.98 Å². The molecule has 0 atom stereocenters. The number of aromatic nitrogens is 1. The van der Waals surface area contributed by atoms with Gasteiger partial charge in [-0.3, -0.25) is 0 Å². The molecule has 0 unspecified atom stereocenters. The smallest absolute Gasteiger partial charge is 0.145 e. The quantitative estimate of drug-likeness (QED) is 0.734. The molecule has 0 N–H and O–H groups in total. The second-order valence-corrected chi connectivity index (χ2v) is 3.39. The van der Waals surface area contributed by atoms with Gasteiger partial charge in [-0.2, -0.15) is 0 Å². The van der Waals surface area contributed by atoms with E-state index in [1.165, 1.54) is 0 Å². The SMILES string of the molecule is COc1ccc2c(Cl)ncc(OC)c2c1. The summed E-state index contributed by atoms with van der Waals surface area (Å²) in [4.78, 5) is 4.03. The van der Waals surface area contributed by atoms with Gasteiger partial charge >= 0.3 is 0 Å². The van der Waals surface area contributed by atoms with Gasteiger partial charge in [-0.1, -0.05) is 11.6 Å². The molecule has 2 aromatic rings. The molecule has 78 valence electrons. The minimum Gasteiger partial charge on any atom is -0.497 e. The Morgan fingerprint density at radius 3 is 2.60 bits per heavy atom. The van der Waals surface area contributed by atoms with E-state index in [4.69, 9.17) is 21.1 Å². The van der Waals surface area contributed by atoms with E-state index >= 15 is 0 Å². The first-order chi connectivity index (χ1) is 7.26. The highest BCUT2D eigenvalue weighted by Crippen LogP contribution is 2.31. The summed E-state index contributed by atoms with van der Waals surface area (Å²) < 4.78 is 10.3. The van der Waals surface area contributed by atoms with Crippen molar-refractivity contribution in [1.82, 2.24) is 4.98 Å². The van der Waals surface area contributed by atoms with Crippen LogP contribution in [0.1, 0.15) is 0 Å². The fourth-order valence-electron chi connectivity index (χ4n) is 1.45. The van der Waals surface area contributed by atoms with E-state index in [1.54, 1.807) is 20.4 Å². The lowest BCUT2D eigenvalue weighted by Gasteiger charge is -2.07. The van der Waals surface area contributed by atoms with E-state index in [-0.39, 0.29) is 0 Å². The van der Waals surface area contributed by atoms with Gasteiger partial charge in [0, 0.05) is 10.8 Å². The Balaban J connectivity index is 2.77. The molecule has 15 heavy (non-hydrogen) atoms. The Bertz CT molecular complexity index is 499. The monoisotopic (exact) mass is 223 g/mol. The predicted molar refractivity (Wildman–Crippen MR) is 59.9 cm³/mol. The minimum absolute atomic E-state index is 0.466. The Morgan fingerprint density at radius 2 is 1.93 bits per heavy atom. The van der Waals surface area contributed by atoms with Crippen molar-refractivity contribution in [2.75, 3.05) is 14.2 Å². The Labute approximate surface area is 92.6 Å². The molecule has 1 heterocycles. The average Bonchev–Trinajstić information content (AvgIpc) is 2.29. The lowest BCUT2D eigenvalue weighted by molar-refractivity contribution is 0.411. The number of hydrogen-bond acceptors (Lipinski definition) is 3. The molecule has 0 bridgehead atoms. The number of halogens is 1. The van der Waals surface area contributed by atoms with Gasteiger partial charge in [-0.25, -0.2) is 4.98 Å². The molecule has 1 aromatic heterocycles. The molecule has 3 nitrogen and oxygen atoms in total. The molecule has 0 aliphatic rings. The number of benzene rings is 1. The van der Waals surface area contributed by atoms with Crippen LogP contribution in [0.4, 0.5) is 0 Å². The highest BCUT2D eigenvalue weighted by Gasteiger charge is 2.07. The largest absolute Gasteiger partial charge is 0.497 e. The first-order valence-corrected chi connectivity index (χ1v) is 4.80. The second-order valence-electron chi connectivity index (χ2n) is 3.03. The molecule has 0 spiro atoms. The van der Waals surface area contributed by atoms with Crippen LogP contribution in [0.25, 0.3) is 10.8 Å². The van der Waals surface area contributed by atoms with Crippen molar-refractivity contribution in [3.05, 3.63) is 29.5 Å². The molecule has 2 rings (SSSR count). The number of fused-ring (bicyclic) bond motifs is 1. The van der Waals surface area contributed by atoms with Crippen LogP contribution in [0.2, 0.25) is 5.15 Å². The number of pyridine rings is 1. The Morgan fingerprint density at radius 1 is 1.13 bits per heavy atom. The van der Waals surface area contributed by atoms with Crippen molar-refractivity contribution in [1.29, 1.82) is 0 Å². The predicted octanol–water partition coefficient (Wildman–Crippen LogP) is 2.91. The standard InChI is InChI=1S/C11H10ClNO2/c1-14-7-3-4-8-9(5-7)10(15-2)6-13-11(8)12/h3-6H,1-2H3. The topological polar surface area (TPSA) is 31.4 Å². The summed E-state index contributed by atoms with van der Waals surface area (Å²) in [6.07, 6.45) is 1.60. The highest BCUT2D eigenvalue weighted by molar-refractivity contribution is 6.34. The van der Waals surface area contributed by atoms with E-state index in [0.29, 0.717) is 10.9 Å². The molecule has 0 saturated heterocycles. The van der Waals surface area contributed by atoms with Gasteiger partial charge in [0.25, 0.3) is 0 Å². The van der Waals surface area contributed by atoms with Crippen molar-refractivity contribution in [2.45, 2.75) is 0 Å². The van der Waals surface area contributed by atoms with Crippen LogP contribution in [-0.2, 0) is 0 Å². The number of methoxy groups -OCH3 is 2. The van der Waals surface area contributed by atoms with Crippen molar-refractivity contribution < 1.29 is 9.47 Å². The van der Waals surface area contributed by atoms with Gasteiger partial charge in [0.15, 0.2) is 0 Å². The third-order valence-electron chi connectivity index (χ3n) is 2.23. The molecule has 4 heteroatoms. The number of ether oxygens (including phenoxy) is 2. The number of hydrogen-bond donors (Lipinski definition) is 0. The maximum Gasteiger partial charge on any atom is 0.145 e. The van der Waals surface area contributed by atoms with Gasteiger partial charge in [0.1, 0.15) is 16.7 Å². The summed E-state index contributed by atoms with van der Waals surface area (Å²) in [5, 5.41) is 2.22. The minimum atomic E-state index is 0.466. The lowest BCUT2D eigenvalue weighted by atomic mass is 10.1. The molecular weight excluding hydrogens is 214 g/mol. The van der Waals surface area contributed by atoms with Gasteiger partial charge in [0.05, 0.1) is 20.4 Å². The van der Waals surface area contributed by atoms with Crippen molar-refractivity contribution in [3.8, 4) is 11.5 Å². The van der Waals surface area contributed by atoms with Crippen LogP contribution in [0.3, 0.4) is 0 Å². The van der Waals surface area contributed by atoms with Crippen LogP contribution < -0.4 is 9.47 Å². The number of rotatable bonds is 2. The molecule has 0 radical (unpaired) electrons. The van der Waals surface area contributed by atoms with Gasteiger partial charge in [-0.05, 0) is 18.2 Å². The van der Waals surface area contributed by atoms with Crippen LogP contribution in [0, 0.1) is 0 Å². The highest BCUT2D eigenvalue weighted by atomic mass is 35.5. The zero-order valence-corrected chi connectivity index (χ0v) is 9.21. The second kappa shape index (κ2) is 3.95. The van der Waals surface area contributed by atoms with Crippen LogP contribution >= 0.6 is 11.6 Å². The molecule has 0 aliphatic heterocycles. The fourth-order valence-corrected chi connectivity index (χ4v) is 1.66. The zero-order valence-electron chi connectivity index (χ0n) is 8.45. The third-order valence-corrected chi connectivity index (χ3v) is 2.53. The summed E-state index contributed by atoms with van der Waals surface area (Å²) in [6.45, 7) is 0. The van der Waals surface area contributed by atoms with Gasteiger partial charge in [0.2, 0.25) is 0 Å². The average molecular weight is 224 g/mol. The lowest BCUT2D eigenvalue weighted by Crippen LogP contribution is -1.89. The Hall–Kier alpha value is -1.48. The van der Waals surface area contributed by atoms with Crippen LogP contribution in [0.15, 0.2) is 24.4 Å². The summed E-state index contributed by atoms with van der Waals surface area (Å²) in [7, 11) is 3.22.